The molecule has 1 aliphatic rings. The van der Waals surface area contributed by atoms with Crippen molar-refractivity contribution in [2.45, 2.75) is 56.6 Å². The monoisotopic (exact) mass is 316 g/mol. The molecule has 0 saturated heterocycles. The van der Waals surface area contributed by atoms with Gasteiger partial charge in [0.1, 0.15) is 4.90 Å². The van der Waals surface area contributed by atoms with Gasteiger partial charge in [0, 0.05) is 18.1 Å². The van der Waals surface area contributed by atoms with Crippen LogP contribution in [0.4, 0.5) is 0 Å². The second kappa shape index (κ2) is 5.64. The van der Waals surface area contributed by atoms with E-state index in [1.165, 1.54) is 12.8 Å². The van der Waals surface area contributed by atoms with E-state index in [0.29, 0.717) is 12.6 Å². The van der Waals surface area contributed by atoms with Crippen molar-refractivity contribution in [3.8, 4) is 0 Å². The molecule has 0 aliphatic heterocycles. The fraction of sp³-hybridized carbons (Fsp3) is 0.571. The Morgan fingerprint density at radius 2 is 1.95 bits per heavy atom. The minimum absolute atomic E-state index is 0.143. The van der Waals surface area contributed by atoms with E-state index in [-0.39, 0.29) is 9.92 Å². The van der Waals surface area contributed by atoms with Crippen molar-refractivity contribution in [1.82, 2.24) is 10.0 Å². The molecule has 1 saturated carbocycles. The van der Waals surface area contributed by atoms with Gasteiger partial charge in [-0.2, -0.15) is 0 Å². The van der Waals surface area contributed by atoms with Gasteiger partial charge in [0.2, 0.25) is 10.0 Å². The van der Waals surface area contributed by atoms with E-state index in [0.717, 1.165) is 5.56 Å². The molecule has 0 bridgehead atoms. The van der Waals surface area contributed by atoms with Gasteiger partial charge in [-0.05, 0) is 51.3 Å². The zero-order chi connectivity index (χ0) is 15.0. The quantitative estimate of drug-likeness (QED) is 0.878. The molecule has 112 valence electrons. The van der Waals surface area contributed by atoms with Gasteiger partial charge >= 0.3 is 0 Å². The van der Waals surface area contributed by atoms with Gasteiger partial charge in [-0.25, -0.2) is 13.1 Å². The van der Waals surface area contributed by atoms with Crippen LogP contribution in [0.2, 0.25) is 5.02 Å². The first-order valence-corrected chi connectivity index (χ1v) is 8.59. The van der Waals surface area contributed by atoms with Crippen LogP contribution in [0.1, 0.15) is 39.2 Å². The van der Waals surface area contributed by atoms with Crippen molar-refractivity contribution in [2.75, 3.05) is 0 Å². The van der Waals surface area contributed by atoms with Gasteiger partial charge in [-0.3, -0.25) is 0 Å². The van der Waals surface area contributed by atoms with Crippen LogP contribution in [0.25, 0.3) is 0 Å². The van der Waals surface area contributed by atoms with Crippen molar-refractivity contribution in [3.63, 3.8) is 0 Å². The van der Waals surface area contributed by atoms with Crippen LogP contribution < -0.4 is 10.0 Å². The molecule has 0 spiro atoms. The number of nitrogens with one attached hydrogen (secondary N) is 2. The van der Waals surface area contributed by atoms with Gasteiger partial charge in [0.15, 0.2) is 0 Å². The Labute approximate surface area is 126 Å². The standard InChI is InChI=1S/C14H21ClN2O2S/c1-14(2,3)17-20(18,19)13-8-10(4-7-12(13)15)9-16-11-5-6-11/h4,7-8,11,16-17H,5-6,9H2,1-3H3. The number of benzene rings is 1. The van der Waals surface area contributed by atoms with E-state index in [4.69, 9.17) is 11.6 Å². The average Bonchev–Trinajstić information content (AvgIpc) is 3.08. The summed E-state index contributed by atoms with van der Waals surface area (Å²) in [5.41, 5.74) is 0.389. The average molecular weight is 317 g/mol. The summed E-state index contributed by atoms with van der Waals surface area (Å²) >= 11 is 6.05. The first-order valence-electron chi connectivity index (χ1n) is 6.73. The Morgan fingerprint density at radius 3 is 2.50 bits per heavy atom. The minimum Gasteiger partial charge on any atom is -0.310 e. The number of hydrogen-bond acceptors (Lipinski definition) is 3. The topological polar surface area (TPSA) is 58.2 Å². The van der Waals surface area contributed by atoms with E-state index in [9.17, 15) is 8.42 Å². The van der Waals surface area contributed by atoms with Crippen LogP contribution in [-0.2, 0) is 16.6 Å². The molecule has 1 aromatic carbocycles. The van der Waals surface area contributed by atoms with E-state index < -0.39 is 15.6 Å². The highest BCUT2D eigenvalue weighted by molar-refractivity contribution is 7.89. The SMILES string of the molecule is CC(C)(C)NS(=O)(=O)c1cc(CNC2CC2)ccc1Cl. The molecular formula is C14H21ClN2O2S. The smallest absolute Gasteiger partial charge is 0.242 e. The van der Waals surface area contributed by atoms with E-state index in [1.54, 1.807) is 32.9 Å². The minimum atomic E-state index is -3.60. The van der Waals surface area contributed by atoms with Gasteiger partial charge < -0.3 is 5.32 Å². The summed E-state index contributed by atoms with van der Waals surface area (Å²) in [5, 5.41) is 3.61. The highest BCUT2D eigenvalue weighted by atomic mass is 35.5. The molecule has 0 heterocycles. The maximum atomic E-state index is 12.4. The molecule has 0 unspecified atom stereocenters. The van der Waals surface area contributed by atoms with E-state index >= 15 is 0 Å². The number of halogens is 1. The van der Waals surface area contributed by atoms with Crippen LogP contribution in [0.3, 0.4) is 0 Å². The van der Waals surface area contributed by atoms with Crippen LogP contribution in [0.5, 0.6) is 0 Å². The zero-order valence-electron chi connectivity index (χ0n) is 12.0. The predicted octanol–water partition coefficient (Wildman–Crippen LogP) is 2.67. The van der Waals surface area contributed by atoms with Gasteiger partial charge in [0.25, 0.3) is 0 Å². The third-order valence-electron chi connectivity index (χ3n) is 2.90. The zero-order valence-corrected chi connectivity index (χ0v) is 13.6. The lowest BCUT2D eigenvalue weighted by atomic mass is 10.1. The van der Waals surface area contributed by atoms with Gasteiger partial charge in [-0.1, -0.05) is 17.7 Å². The maximum Gasteiger partial charge on any atom is 0.242 e. The van der Waals surface area contributed by atoms with Gasteiger partial charge in [-0.15, -0.1) is 0 Å². The summed E-state index contributed by atoms with van der Waals surface area (Å²) < 4.78 is 27.3. The molecule has 0 amide bonds. The summed E-state index contributed by atoms with van der Waals surface area (Å²) in [7, 11) is -3.60. The van der Waals surface area contributed by atoms with E-state index in [2.05, 4.69) is 10.0 Å². The normalized spacial score (nSPS) is 16.4. The lowest BCUT2D eigenvalue weighted by molar-refractivity contribution is 0.491. The van der Waals surface area contributed by atoms with Crippen molar-refractivity contribution in [2.24, 2.45) is 0 Å². The predicted molar refractivity (Wildman–Crippen MR) is 81.4 cm³/mol. The highest BCUT2D eigenvalue weighted by Gasteiger charge is 2.25. The molecule has 6 heteroatoms. The van der Waals surface area contributed by atoms with Crippen molar-refractivity contribution < 1.29 is 8.42 Å². The molecular weight excluding hydrogens is 296 g/mol. The van der Waals surface area contributed by atoms with Crippen LogP contribution in [0.15, 0.2) is 23.1 Å². The molecule has 1 aromatic rings. The lowest BCUT2D eigenvalue weighted by Gasteiger charge is -2.21. The van der Waals surface area contributed by atoms with Crippen molar-refractivity contribution in [3.05, 3.63) is 28.8 Å². The molecule has 1 aliphatic carbocycles. The molecule has 0 radical (unpaired) electrons. The van der Waals surface area contributed by atoms with Crippen LogP contribution in [0, 0.1) is 0 Å². The summed E-state index contributed by atoms with van der Waals surface area (Å²) in [6.45, 7) is 6.07. The van der Waals surface area contributed by atoms with Crippen molar-refractivity contribution >= 4 is 21.6 Å². The summed E-state index contributed by atoms with van der Waals surface area (Å²) in [4.78, 5) is 0.143. The number of hydrogen-bond donors (Lipinski definition) is 2. The number of sulfonamides is 1. The summed E-state index contributed by atoms with van der Waals surface area (Å²) in [6.07, 6.45) is 2.40. The Hall–Kier alpha value is -0.620. The number of rotatable bonds is 5. The molecule has 4 nitrogen and oxygen atoms in total. The third-order valence-corrected chi connectivity index (χ3v) is 5.14. The van der Waals surface area contributed by atoms with Crippen LogP contribution >= 0.6 is 11.6 Å². The maximum absolute atomic E-state index is 12.4. The molecule has 20 heavy (non-hydrogen) atoms. The Morgan fingerprint density at radius 1 is 1.30 bits per heavy atom. The largest absolute Gasteiger partial charge is 0.310 e. The first kappa shape index (κ1) is 15.8. The van der Waals surface area contributed by atoms with Gasteiger partial charge in [0.05, 0.1) is 5.02 Å². The molecule has 0 atom stereocenters. The molecule has 2 rings (SSSR count). The Balaban J connectivity index is 2.22. The molecule has 0 aromatic heterocycles. The fourth-order valence-corrected chi connectivity index (χ4v) is 3.84. The Kier molecular flexibility index (Phi) is 4.44. The molecule has 1 fully saturated rings. The third kappa shape index (κ3) is 4.45. The van der Waals surface area contributed by atoms with Crippen molar-refractivity contribution in [1.29, 1.82) is 0 Å². The Bertz CT molecular complexity index is 590. The second-order valence-corrected chi connectivity index (χ2v) is 8.33. The first-order chi connectivity index (χ1) is 9.17. The van der Waals surface area contributed by atoms with E-state index in [1.807, 2.05) is 6.07 Å². The lowest BCUT2D eigenvalue weighted by Crippen LogP contribution is -2.40. The fourth-order valence-electron chi connectivity index (χ4n) is 1.87. The summed E-state index contributed by atoms with van der Waals surface area (Å²) in [6, 6.07) is 5.72. The second-order valence-electron chi connectivity index (χ2n) is 6.28. The van der Waals surface area contributed by atoms with Crippen LogP contribution in [-0.4, -0.2) is 20.0 Å². The summed E-state index contributed by atoms with van der Waals surface area (Å²) in [5.74, 6) is 0. The molecule has 2 N–H and O–H groups in total. The highest BCUT2D eigenvalue weighted by Crippen LogP contribution is 2.25.